The topological polar surface area (TPSA) is 64.9 Å². The van der Waals surface area contributed by atoms with Crippen LogP contribution in [-0.2, 0) is 4.79 Å². The Morgan fingerprint density at radius 3 is 2.52 bits per heavy atom. The lowest BCUT2D eigenvalue weighted by Gasteiger charge is -2.21. The summed E-state index contributed by atoms with van der Waals surface area (Å²) in [6.45, 7) is 7.74. The number of carbonyl (C=O) groups is 1. The summed E-state index contributed by atoms with van der Waals surface area (Å²) in [6.07, 6.45) is 2.15. The molecule has 0 heterocycles. The van der Waals surface area contributed by atoms with Crippen molar-refractivity contribution in [2.75, 3.05) is 18.0 Å². The maximum atomic E-state index is 12.1. The normalized spacial score (nSPS) is 22.1. The van der Waals surface area contributed by atoms with E-state index in [1.807, 2.05) is 13.0 Å². The van der Waals surface area contributed by atoms with E-state index in [1.165, 1.54) is 6.21 Å². The molecule has 7 heteroatoms. The third-order valence-electron chi connectivity index (χ3n) is 4.27. The van der Waals surface area contributed by atoms with E-state index >= 15 is 0 Å². The first kappa shape index (κ1) is 18.3. The second-order valence-electron chi connectivity index (χ2n) is 5.83. The highest BCUT2D eigenvalue weighted by atomic mass is 79.9. The molecule has 1 amide bonds. The zero-order chi connectivity index (χ0) is 17.3. The lowest BCUT2D eigenvalue weighted by atomic mass is 10.1. The molecule has 0 spiro atoms. The van der Waals surface area contributed by atoms with Crippen LogP contribution in [0.4, 0.5) is 5.69 Å². The first-order valence-corrected chi connectivity index (χ1v) is 9.13. The maximum Gasteiger partial charge on any atom is 0.248 e. The minimum atomic E-state index is -0.515. The van der Waals surface area contributed by atoms with Gasteiger partial charge in [0.2, 0.25) is 5.91 Å². The zero-order valence-corrected chi connectivity index (χ0v) is 16.6. The van der Waals surface area contributed by atoms with Crippen LogP contribution >= 0.6 is 31.9 Å². The third kappa shape index (κ3) is 3.71. The lowest BCUT2D eigenvalue weighted by molar-refractivity contribution is -0.125. The summed E-state index contributed by atoms with van der Waals surface area (Å²) in [5, 5.41) is 14.1. The molecule has 0 aliphatic heterocycles. The van der Waals surface area contributed by atoms with Crippen molar-refractivity contribution < 1.29 is 9.90 Å². The zero-order valence-electron chi connectivity index (χ0n) is 13.4. The van der Waals surface area contributed by atoms with Crippen LogP contribution in [-0.4, -0.2) is 33.6 Å². The molecule has 0 bridgehead atoms. The number of hydrazone groups is 1. The molecule has 0 unspecified atom stereocenters. The quantitative estimate of drug-likeness (QED) is 0.398. The summed E-state index contributed by atoms with van der Waals surface area (Å²) in [4.78, 5) is 14.2. The number of phenolic OH excluding ortho intramolecular Hbond substituents is 1. The van der Waals surface area contributed by atoms with Gasteiger partial charge in [-0.25, -0.2) is 5.43 Å². The Hall–Kier alpha value is -1.08. The highest BCUT2D eigenvalue weighted by Gasteiger charge is 2.66. The predicted molar refractivity (Wildman–Crippen MR) is 101 cm³/mol. The molecule has 1 aliphatic carbocycles. The van der Waals surface area contributed by atoms with E-state index in [0.29, 0.717) is 12.0 Å². The molecule has 1 aliphatic rings. The van der Waals surface area contributed by atoms with E-state index in [0.717, 1.165) is 18.8 Å². The molecule has 1 saturated carbocycles. The van der Waals surface area contributed by atoms with E-state index in [2.05, 4.69) is 61.1 Å². The number of alkyl halides is 2. The largest absolute Gasteiger partial charge is 0.507 e. The van der Waals surface area contributed by atoms with Crippen LogP contribution < -0.4 is 10.3 Å². The highest BCUT2D eigenvalue weighted by Crippen LogP contribution is 2.66. The lowest BCUT2D eigenvalue weighted by Crippen LogP contribution is -2.29. The number of nitrogens with zero attached hydrogens (tertiary/aromatic N) is 2. The van der Waals surface area contributed by atoms with Gasteiger partial charge in [0.1, 0.15) is 5.75 Å². The van der Waals surface area contributed by atoms with E-state index in [4.69, 9.17) is 0 Å². The molecular formula is C16H21Br2N3O2. The Kier molecular flexibility index (Phi) is 5.41. The number of halogens is 2. The van der Waals surface area contributed by atoms with Crippen LogP contribution in [0.2, 0.25) is 0 Å². The second-order valence-corrected chi connectivity index (χ2v) is 9.60. The molecule has 1 atom stereocenters. The van der Waals surface area contributed by atoms with Gasteiger partial charge in [-0.05, 0) is 39.3 Å². The van der Waals surface area contributed by atoms with E-state index in [-0.39, 0.29) is 14.9 Å². The number of amides is 1. The van der Waals surface area contributed by atoms with Crippen LogP contribution in [0.3, 0.4) is 0 Å². The van der Waals surface area contributed by atoms with Crippen LogP contribution in [0.15, 0.2) is 23.3 Å². The molecule has 2 N–H and O–H groups in total. The smallest absolute Gasteiger partial charge is 0.248 e. The van der Waals surface area contributed by atoms with Crippen molar-refractivity contribution >= 4 is 49.7 Å². The summed E-state index contributed by atoms with van der Waals surface area (Å²) < 4.78 is -0.347. The van der Waals surface area contributed by atoms with Crippen LogP contribution in [0, 0.1) is 5.41 Å². The Morgan fingerprint density at radius 2 is 2.04 bits per heavy atom. The fourth-order valence-electron chi connectivity index (χ4n) is 2.36. The number of anilines is 1. The van der Waals surface area contributed by atoms with Gasteiger partial charge < -0.3 is 10.0 Å². The number of phenols is 1. The van der Waals surface area contributed by atoms with Gasteiger partial charge in [0, 0.05) is 30.4 Å². The van der Waals surface area contributed by atoms with Crippen molar-refractivity contribution in [1.82, 2.24) is 5.43 Å². The van der Waals surface area contributed by atoms with Crippen LogP contribution in [0.5, 0.6) is 5.75 Å². The molecule has 23 heavy (non-hydrogen) atoms. The van der Waals surface area contributed by atoms with Crippen LogP contribution in [0.1, 0.15) is 32.8 Å². The number of nitrogens with one attached hydrogen (secondary N) is 1. The molecule has 1 aromatic rings. The number of hydrogen-bond acceptors (Lipinski definition) is 4. The standard InChI is InChI=1S/C16H21Br2N3O2/c1-4-21(5-2)12-7-6-11(13(22)8-12)9-19-20-14(23)15(3)10-16(15,17)18/h6-9,22H,4-5,10H2,1-3H3,(H,20,23)/b19-9-/t15-/m1/s1. The van der Waals surface area contributed by atoms with Crippen molar-refractivity contribution in [2.45, 2.75) is 30.4 Å². The van der Waals surface area contributed by atoms with Crippen LogP contribution in [0.25, 0.3) is 0 Å². The predicted octanol–water partition coefficient (Wildman–Crippen LogP) is 3.58. The van der Waals surface area contributed by atoms with E-state index in [1.54, 1.807) is 12.1 Å². The summed E-state index contributed by atoms with van der Waals surface area (Å²) >= 11 is 6.90. The average Bonchev–Trinajstić information content (AvgIpc) is 3.02. The molecule has 1 fully saturated rings. The van der Waals surface area contributed by atoms with Gasteiger partial charge in [-0.3, -0.25) is 4.79 Å². The van der Waals surface area contributed by atoms with Crippen molar-refractivity contribution in [3.8, 4) is 5.75 Å². The molecule has 0 saturated heterocycles. The fourth-order valence-corrected chi connectivity index (χ4v) is 3.84. The number of hydrogen-bond donors (Lipinski definition) is 2. The molecular weight excluding hydrogens is 426 g/mol. The van der Waals surface area contributed by atoms with Gasteiger partial charge in [0.25, 0.3) is 0 Å². The maximum absolute atomic E-state index is 12.1. The van der Waals surface area contributed by atoms with E-state index < -0.39 is 5.41 Å². The minimum absolute atomic E-state index is 0.139. The molecule has 0 radical (unpaired) electrons. The molecule has 126 valence electrons. The van der Waals surface area contributed by atoms with Gasteiger partial charge in [-0.2, -0.15) is 5.10 Å². The van der Waals surface area contributed by atoms with Crippen molar-refractivity contribution in [3.05, 3.63) is 23.8 Å². The molecule has 5 nitrogen and oxygen atoms in total. The summed E-state index contributed by atoms with van der Waals surface area (Å²) in [7, 11) is 0. The molecule has 1 aromatic carbocycles. The molecule has 0 aromatic heterocycles. The van der Waals surface area contributed by atoms with Gasteiger partial charge in [0.05, 0.1) is 14.9 Å². The van der Waals surface area contributed by atoms with Crippen molar-refractivity contribution in [1.29, 1.82) is 0 Å². The minimum Gasteiger partial charge on any atom is -0.507 e. The SMILES string of the molecule is CCN(CC)c1ccc(/C=N\NC(=O)[C@@]2(C)CC2(Br)Br)c(O)c1. The van der Waals surface area contributed by atoms with Crippen molar-refractivity contribution in [2.24, 2.45) is 10.5 Å². The number of benzene rings is 1. The Labute approximate surface area is 153 Å². The second kappa shape index (κ2) is 6.81. The number of rotatable bonds is 6. The third-order valence-corrected chi connectivity index (χ3v) is 6.58. The molecule has 2 rings (SSSR count). The number of carbonyl (C=O) groups excluding carboxylic acids is 1. The summed E-state index contributed by atoms with van der Waals surface area (Å²) in [6, 6.07) is 5.43. The van der Waals surface area contributed by atoms with Gasteiger partial charge in [0.15, 0.2) is 0 Å². The Balaban J connectivity index is 2.02. The fraction of sp³-hybridized carbons (Fsp3) is 0.500. The van der Waals surface area contributed by atoms with Gasteiger partial charge >= 0.3 is 0 Å². The first-order chi connectivity index (χ1) is 10.7. The Bertz CT molecular complexity index is 630. The first-order valence-electron chi connectivity index (χ1n) is 7.54. The van der Waals surface area contributed by atoms with Gasteiger partial charge in [-0.15, -0.1) is 0 Å². The number of aromatic hydroxyl groups is 1. The summed E-state index contributed by atoms with van der Waals surface area (Å²) in [5.74, 6) is -0.0258. The van der Waals surface area contributed by atoms with Crippen molar-refractivity contribution in [3.63, 3.8) is 0 Å². The van der Waals surface area contributed by atoms with E-state index in [9.17, 15) is 9.90 Å². The monoisotopic (exact) mass is 445 g/mol. The Morgan fingerprint density at radius 1 is 1.43 bits per heavy atom. The average molecular weight is 447 g/mol. The summed E-state index contributed by atoms with van der Waals surface area (Å²) in [5.41, 5.74) is 3.53. The van der Waals surface area contributed by atoms with Gasteiger partial charge in [-0.1, -0.05) is 31.9 Å². The highest BCUT2D eigenvalue weighted by molar-refractivity contribution is 9.25.